The maximum absolute atomic E-state index is 13.3. The fraction of sp³-hybridized carbons (Fsp3) is 0.211. The predicted octanol–water partition coefficient (Wildman–Crippen LogP) is 4.86. The molecular formula is C19H15F3N4O. The fourth-order valence-corrected chi connectivity index (χ4v) is 2.95. The number of fused-ring (bicyclic) bond motifs is 1. The van der Waals surface area contributed by atoms with Crippen LogP contribution in [0.5, 0.6) is 0 Å². The predicted molar refractivity (Wildman–Crippen MR) is 93.8 cm³/mol. The van der Waals surface area contributed by atoms with Gasteiger partial charge in [0.2, 0.25) is 12.1 Å². The molecule has 0 fully saturated rings. The van der Waals surface area contributed by atoms with Crippen molar-refractivity contribution in [3.8, 4) is 22.5 Å². The van der Waals surface area contributed by atoms with Crippen molar-refractivity contribution >= 4 is 11.1 Å². The molecule has 5 nitrogen and oxygen atoms in total. The molecule has 0 bridgehead atoms. The van der Waals surface area contributed by atoms with Gasteiger partial charge in [-0.15, -0.1) is 0 Å². The number of alkyl halides is 2. The van der Waals surface area contributed by atoms with Crippen LogP contribution in [0.4, 0.5) is 13.2 Å². The van der Waals surface area contributed by atoms with E-state index in [1.165, 1.54) is 23.1 Å². The summed E-state index contributed by atoms with van der Waals surface area (Å²) < 4.78 is 45.5. The van der Waals surface area contributed by atoms with E-state index in [9.17, 15) is 13.2 Å². The smallest absolute Gasteiger partial charge is 0.240 e. The van der Waals surface area contributed by atoms with Crippen molar-refractivity contribution in [2.45, 2.75) is 26.3 Å². The number of aromatic nitrogens is 4. The van der Waals surface area contributed by atoms with E-state index in [0.717, 1.165) is 0 Å². The summed E-state index contributed by atoms with van der Waals surface area (Å²) in [6, 6.07) is 7.66. The molecule has 0 N–H and O–H groups in total. The third-order valence-electron chi connectivity index (χ3n) is 4.16. The van der Waals surface area contributed by atoms with Gasteiger partial charge in [0, 0.05) is 30.3 Å². The van der Waals surface area contributed by atoms with Crippen LogP contribution in [0.1, 0.15) is 12.2 Å². The largest absolute Gasteiger partial charge is 0.443 e. The van der Waals surface area contributed by atoms with Crippen molar-refractivity contribution in [2.75, 3.05) is 0 Å². The standard InChI is InChI=1S/C19H15F3N4O/c1-11-8-14-18(23-10-24-19(14)27-11)15-9-26(7-6-16(21)22)25-17(15)12-2-4-13(20)5-3-12/h2-5,8-10,16H,6-7H2,1H3. The molecule has 0 aliphatic heterocycles. The molecule has 138 valence electrons. The Labute approximate surface area is 152 Å². The molecule has 3 aromatic heterocycles. The Bertz CT molecular complexity index is 1090. The summed E-state index contributed by atoms with van der Waals surface area (Å²) in [7, 11) is 0. The van der Waals surface area contributed by atoms with Crippen LogP contribution in [-0.4, -0.2) is 26.2 Å². The van der Waals surface area contributed by atoms with Crippen LogP contribution in [0.25, 0.3) is 33.6 Å². The molecule has 0 aliphatic rings. The first-order chi connectivity index (χ1) is 13.0. The van der Waals surface area contributed by atoms with Crippen LogP contribution >= 0.6 is 0 Å². The fourth-order valence-electron chi connectivity index (χ4n) is 2.95. The van der Waals surface area contributed by atoms with Crippen molar-refractivity contribution in [1.29, 1.82) is 0 Å². The van der Waals surface area contributed by atoms with Gasteiger partial charge in [-0.25, -0.2) is 23.1 Å². The SMILES string of the molecule is Cc1cc2c(-c3cn(CCC(F)F)nc3-c3ccc(F)cc3)ncnc2o1. The molecule has 0 aliphatic carbocycles. The zero-order valence-electron chi connectivity index (χ0n) is 14.4. The molecule has 0 spiro atoms. The van der Waals surface area contributed by atoms with Crippen LogP contribution in [0.2, 0.25) is 0 Å². The molecule has 0 saturated heterocycles. The summed E-state index contributed by atoms with van der Waals surface area (Å²) in [5, 5.41) is 5.14. The Hall–Kier alpha value is -3.16. The van der Waals surface area contributed by atoms with E-state index in [1.54, 1.807) is 25.3 Å². The van der Waals surface area contributed by atoms with E-state index < -0.39 is 6.43 Å². The zero-order valence-corrected chi connectivity index (χ0v) is 14.4. The average Bonchev–Trinajstić information content (AvgIpc) is 3.23. The van der Waals surface area contributed by atoms with Gasteiger partial charge in [-0.2, -0.15) is 5.10 Å². The van der Waals surface area contributed by atoms with Crippen LogP contribution in [0.3, 0.4) is 0 Å². The van der Waals surface area contributed by atoms with E-state index in [-0.39, 0.29) is 18.8 Å². The lowest BCUT2D eigenvalue weighted by Crippen LogP contribution is -2.03. The highest BCUT2D eigenvalue weighted by Gasteiger charge is 2.19. The molecule has 0 unspecified atom stereocenters. The van der Waals surface area contributed by atoms with E-state index in [0.29, 0.717) is 39.4 Å². The first-order valence-electron chi connectivity index (χ1n) is 8.34. The molecular weight excluding hydrogens is 357 g/mol. The molecule has 0 amide bonds. The van der Waals surface area contributed by atoms with Crippen molar-refractivity contribution in [3.05, 3.63) is 54.4 Å². The maximum Gasteiger partial charge on any atom is 0.240 e. The molecule has 8 heteroatoms. The summed E-state index contributed by atoms with van der Waals surface area (Å²) in [6.07, 6.45) is 0.319. The summed E-state index contributed by atoms with van der Waals surface area (Å²) in [6.45, 7) is 1.86. The molecule has 0 saturated carbocycles. The number of hydrogen-bond acceptors (Lipinski definition) is 4. The zero-order chi connectivity index (χ0) is 19.0. The average molecular weight is 372 g/mol. The second-order valence-corrected chi connectivity index (χ2v) is 6.14. The van der Waals surface area contributed by atoms with Crippen molar-refractivity contribution in [2.24, 2.45) is 0 Å². The summed E-state index contributed by atoms with van der Waals surface area (Å²) in [4.78, 5) is 8.47. The summed E-state index contributed by atoms with van der Waals surface area (Å²) >= 11 is 0. The molecule has 4 aromatic rings. The van der Waals surface area contributed by atoms with E-state index >= 15 is 0 Å². The Morgan fingerprint density at radius 3 is 2.63 bits per heavy atom. The maximum atomic E-state index is 13.3. The Kier molecular flexibility index (Phi) is 4.39. The minimum Gasteiger partial charge on any atom is -0.443 e. The van der Waals surface area contributed by atoms with Crippen molar-refractivity contribution in [3.63, 3.8) is 0 Å². The molecule has 4 rings (SSSR count). The van der Waals surface area contributed by atoms with Gasteiger partial charge in [0.25, 0.3) is 0 Å². The second-order valence-electron chi connectivity index (χ2n) is 6.14. The topological polar surface area (TPSA) is 56.7 Å². The number of hydrogen-bond donors (Lipinski definition) is 0. The van der Waals surface area contributed by atoms with Crippen LogP contribution in [0.15, 0.2) is 47.3 Å². The Morgan fingerprint density at radius 2 is 1.89 bits per heavy atom. The van der Waals surface area contributed by atoms with Crippen molar-refractivity contribution < 1.29 is 17.6 Å². The minimum atomic E-state index is -2.42. The van der Waals surface area contributed by atoms with E-state index in [4.69, 9.17) is 4.42 Å². The number of aryl methyl sites for hydroxylation is 2. The molecule has 3 heterocycles. The van der Waals surface area contributed by atoms with Gasteiger partial charge < -0.3 is 4.42 Å². The van der Waals surface area contributed by atoms with Crippen molar-refractivity contribution in [1.82, 2.24) is 19.7 Å². The Morgan fingerprint density at radius 1 is 1.11 bits per heavy atom. The number of nitrogens with zero attached hydrogens (tertiary/aromatic N) is 4. The monoisotopic (exact) mass is 372 g/mol. The lowest BCUT2D eigenvalue weighted by atomic mass is 10.0. The lowest BCUT2D eigenvalue weighted by molar-refractivity contribution is 0.130. The van der Waals surface area contributed by atoms with Gasteiger partial charge in [0.05, 0.1) is 11.1 Å². The van der Waals surface area contributed by atoms with Crippen LogP contribution < -0.4 is 0 Å². The highest BCUT2D eigenvalue weighted by atomic mass is 19.3. The highest BCUT2D eigenvalue weighted by molar-refractivity contribution is 5.94. The minimum absolute atomic E-state index is 0.0600. The van der Waals surface area contributed by atoms with Gasteiger partial charge >= 0.3 is 0 Å². The van der Waals surface area contributed by atoms with Crippen LogP contribution in [-0.2, 0) is 6.54 Å². The number of benzene rings is 1. The summed E-state index contributed by atoms with van der Waals surface area (Å²) in [5.41, 5.74) is 2.85. The van der Waals surface area contributed by atoms with E-state index in [2.05, 4.69) is 15.1 Å². The molecule has 1 aromatic carbocycles. The molecule has 0 radical (unpaired) electrons. The Balaban J connectivity index is 1.88. The normalized spacial score (nSPS) is 11.6. The number of halogens is 3. The first-order valence-corrected chi connectivity index (χ1v) is 8.34. The third-order valence-corrected chi connectivity index (χ3v) is 4.16. The van der Waals surface area contributed by atoms with Gasteiger partial charge in [-0.1, -0.05) is 0 Å². The van der Waals surface area contributed by atoms with Gasteiger partial charge in [0.1, 0.15) is 23.6 Å². The molecule has 0 atom stereocenters. The van der Waals surface area contributed by atoms with Gasteiger partial charge in [0.15, 0.2) is 0 Å². The lowest BCUT2D eigenvalue weighted by Gasteiger charge is -2.03. The van der Waals surface area contributed by atoms with Gasteiger partial charge in [-0.05, 0) is 37.3 Å². The highest BCUT2D eigenvalue weighted by Crippen LogP contribution is 2.34. The quantitative estimate of drug-likeness (QED) is 0.502. The summed E-state index contributed by atoms with van der Waals surface area (Å²) in [5.74, 6) is 0.312. The first kappa shape index (κ1) is 17.3. The number of furan rings is 1. The van der Waals surface area contributed by atoms with Gasteiger partial charge in [-0.3, -0.25) is 4.68 Å². The second kappa shape index (κ2) is 6.86. The number of rotatable bonds is 5. The molecule has 27 heavy (non-hydrogen) atoms. The van der Waals surface area contributed by atoms with E-state index in [1.807, 2.05) is 6.07 Å². The van der Waals surface area contributed by atoms with Crippen LogP contribution in [0, 0.1) is 12.7 Å². The third kappa shape index (κ3) is 3.42.